The normalized spacial score (nSPS) is 11.0. The number of hydrogen-bond donors (Lipinski definition) is 1. The molecule has 0 unspecified atom stereocenters. The van der Waals surface area contributed by atoms with Crippen LogP contribution in [-0.4, -0.2) is 6.54 Å². The van der Waals surface area contributed by atoms with E-state index in [1.807, 2.05) is 24.3 Å². The maximum Gasteiger partial charge on any atom is 0.128 e. The highest BCUT2D eigenvalue weighted by atomic mass is 32.2. The molecular formula is C18H22FNS. The average molecular weight is 303 g/mol. The van der Waals surface area contributed by atoms with E-state index in [9.17, 15) is 4.39 Å². The Morgan fingerprint density at radius 2 is 1.81 bits per heavy atom. The van der Waals surface area contributed by atoms with Gasteiger partial charge in [-0.05, 0) is 30.2 Å². The molecule has 0 fully saturated rings. The van der Waals surface area contributed by atoms with E-state index < -0.39 is 0 Å². The second-order valence-corrected chi connectivity index (χ2v) is 6.53. The van der Waals surface area contributed by atoms with Gasteiger partial charge in [-0.1, -0.05) is 50.2 Å². The molecule has 0 aliphatic rings. The third-order valence-electron chi connectivity index (χ3n) is 3.17. The van der Waals surface area contributed by atoms with E-state index in [0.29, 0.717) is 12.5 Å². The van der Waals surface area contributed by atoms with Gasteiger partial charge in [0.25, 0.3) is 0 Å². The molecule has 2 aromatic carbocycles. The fourth-order valence-electron chi connectivity index (χ4n) is 2.07. The van der Waals surface area contributed by atoms with Gasteiger partial charge >= 0.3 is 0 Å². The van der Waals surface area contributed by atoms with Crippen LogP contribution >= 0.6 is 11.8 Å². The summed E-state index contributed by atoms with van der Waals surface area (Å²) in [6, 6.07) is 15.6. The van der Waals surface area contributed by atoms with E-state index in [1.165, 1.54) is 5.56 Å². The van der Waals surface area contributed by atoms with Crippen LogP contribution in [0.25, 0.3) is 0 Å². The van der Waals surface area contributed by atoms with Gasteiger partial charge in [0.15, 0.2) is 0 Å². The van der Waals surface area contributed by atoms with Gasteiger partial charge in [-0.3, -0.25) is 0 Å². The van der Waals surface area contributed by atoms with E-state index in [1.54, 1.807) is 23.9 Å². The zero-order valence-corrected chi connectivity index (χ0v) is 13.4. The first-order valence-corrected chi connectivity index (χ1v) is 8.30. The first-order valence-electron chi connectivity index (χ1n) is 7.31. The van der Waals surface area contributed by atoms with Crippen LogP contribution in [0, 0.1) is 11.7 Å². The lowest BCUT2D eigenvalue weighted by atomic mass is 10.2. The largest absolute Gasteiger partial charge is 0.312 e. The number of benzene rings is 2. The fraction of sp³-hybridized carbons (Fsp3) is 0.333. The van der Waals surface area contributed by atoms with Crippen molar-refractivity contribution in [3.05, 3.63) is 65.5 Å². The van der Waals surface area contributed by atoms with Crippen molar-refractivity contribution in [2.45, 2.75) is 31.0 Å². The molecule has 21 heavy (non-hydrogen) atoms. The molecule has 1 nitrogen and oxygen atoms in total. The van der Waals surface area contributed by atoms with Crippen molar-refractivity contribution in [2.24, 2.45) is 5.92 Å². The second kappa shape index (κ2) is 8.20. The van der Waals surface area contributed by atoms with Crippen molar-refractivity contribution in [1.29, 1.82) is 0 Å². The topological polar surface area (TPSA) is 12.0 Å². The van der Waals surface area contributed by atoms with E-state index in [-0.39, 0.29) is 5.82 Å². The van der Waals surface area contributed by atoms with E-state index in [2.05, 4.69) is 31.3 Å². The summed E-state index contributed by atoms with van der Waals surface area (Å²) in [6.07, 6.45) is 0. The average Bonchev–Trinajstić information content (AvgIpc) is 2.48. The van der Waals surface area contributed by atoms with E-state index in [0.717, 1.165) is 22.8 Å². The van der Waals surface area contributed by atoms with Crippen LogP contribution in [0.2, 0.25) is 0 Å². The summed E-state index contributed by atoms with van der Waals surface area (Å²) in [5.74, 6) is 1.31. The number of halogens is 1. The van der Waals surface area contributed by atoms with Gasteiger partial charge < -0.3 is 5.32 Å². The Bertz CT molecular complexity index is 554. The van der Waals surface area contributed by atoms with Crippen LogP contribution in [0.15, 0.2) is 53.4 Å². The molecule has 0 radical (unpaired) electrons. The number of rotatable bonds is 7. The monoisotopic (exact) mass is 303 g/mol. The Hall–Kier alpha value is -1.32. The maximum absolute atomic E-state index is 14.0. The third-order valence-corrected chi connectivity index (χ3v) is 4.34. The summed E-state index contributed by atoms with van der Waals surface area (Å²) >= 11 is 1.69. The highest BCUT2D eigenvalue weighted by Gasteiger charge is 2.09. The first kappa shape index (κ1) is 16.1. The van der Waals surface area contributed by atoms with E-state index in [4.69, 9.17) is 0 Å². The Morgan fingerprint density at radius 1 is 1.05 bits per heavy atom. The lowest BCUT2D eigenvalue weighted by molar-refractivity contribution is 0.530. The van der Waals surface area contributed by atoms with Crippen molar-refractivity contribution in [3.8, 4) is 0 Å². The summed E-state index contributed by atoms with van der Waals surface area (Å²) < 4.78 is 14.0. The Balaban J connectivity index is 2.02. The molecule has 0 aliphatic carbocycles. The van der Waals surface area contributed by atoms with Gasteiger partial charge in [-0.2, -0.15) is 0 Å². The van der Waals surface area contributed by atoms with Crippen molar-refractivity contribution >= 4 is 11.8 Å². The van der Waals surface area contributed by atoms with Crippen molar-refractivity contribution in [3.63, 3.8) is 0 Å². The van der Waals surface area contributed by atoms with Gasteiger partial charge in [-0.25, -0.2) is 4.39 Å². The summed E-state index contributed by atoms with van der Waals surface area (Å²) in [5, 5.41) is 3.33. The van der Waals surface area contributed by atoms with Crippen LogP contribution in [0.3, 0.4) is 0 Å². The molecule has 3 heteroatoms. The predicted molar refractivity (Wildman–Crippen MR) is 88.9 cm³/mol. The Labute approximate surface area is 131 Å². The predicted octanol–water partition coefficient (Wildman–Crippen LogP) is 4.86. The maximum atomic E-state index is 14.0. The molecule has 1 N–H and O–H groups in total. The van der Waals surface area contributed by atoms with Crippen molar-refractivity contribution in [1.82, 2.24) is 5.32 Å². The van der Waals surface area contributed by atoms with Crippen LogP contribution in [0.1, 0.15) is 25.0 Å². The quantitative estimate of drug-likeness (QED) is 0.733. The minimum absolute atomic E-state index is 0.121. The van der Waals surface area contributed by atoms with Gasteiger partial charge in [0, 0.05) is 22.8 Å². The summed E-state index contributed by atoms with van der Waals surface area (Å²) in [6.45, 7) is 5.79. The molecule has 0 saturated heterocycles. The van der Waals surface area contributed by atoms with Crippen LogP contribution in [-0.2, 0) is 12.3 Å². The summed E-state index contributed by atoms with van der Waals surface area (Å²) in [5.41, 5.74) is 2.03. The highest BCUT2D eigenvalue weighted by Crippen LogP contribution is 2.28. The highest BCUT2D eigenvalue weighted by molar-refractivity contribution is 7.98. The smallest absolute Gasteiger partial charge is 0.128 e. The molecule has 0 aromatic heterocycles. The fourth-order valence-corrected chi connectivity index (χ4v) is 3.10. The lowest BCUT2D eigenvalue weighted by Gasteiger charge is -2.12. The van der Waals surface area contributed by atoms with Crippen LogP contribution in [0.5, 0.6) is 0 Å². The molecule has 2 aromatic rings. The van der Waals surface area contributed by atoms with Gasteiger partial charge in [0.2, 0.25) is 0 Å². The zero-order chi connectivity index (χ0) is 15.1. The molecule has 0 saturated carbocycles. The summed E-state index contributed by atoms with van der Waals surface area (Å²) in [4.78, 5) is 1.02. The molecule has 0 spiro atoms. The van der Waals surface area contributed by atoms with E-state index >= 15 is 0 Å². The molecule has 0 aliphatic heterocycles. The number of hydrogen-bond acceptors (Lipinski definition) is 2. The second-order valence-electron chi connectivity index (χ2n) is 5.52. The molecule has 2 rings (SSSR count). The molecule has 0 amide bonds. The minimum atomic E-state index is -0.121. The van der Waals surface area contributed by atoms with Crippen molar-refractivity contribution in [2.75, 3.05) is 6.54 Å². The third kappa shape index (κ3) is 5.18. The lowest BCUT2D eigenvalue weighted by Crippen LogP contribution is -2.20. The Kier molecular flexibility index (Phi) is 6.27. The molecule has 0 heterocycles. The Morgan fingerprint density at radius 3 is 2.52 bits per heavy atom. The SMILES string of the molecule is CC(C)CNCc1c(F)cccc1SCc1ccccc1. The summed E-state index contributed by atoms with van der Waals surface area (Å²) in [7, 11) is 0. The standard InChI is InChI=1S/C18H22FNS/c1-14(2)11-20-12-16-17(19)9-6-10-18(16)21-13-15-7-4-3-5-8-15/h3-10,14,20H,11-13H2,1-2H3. The number of nitrogens with one attached hydrogen (secondary N) is 1. The van der Waals surface area contributed by atoms with Gasteiger partial charge in [0.05, 0.1) is 0 Å². The van der Waals surface area contributed by atoms with Gasteiger partial charge in [-0.15, -0.1) is 11.8 Å². The van der Waals surface area contributed by atoms with Crippen molar-refractivity contribution < 1.29 is 4.39 Å². The van der Waals surface area contributed by atoms with Crippen LogP contribution in [0.4, 0.5) is 4.39 Å². The minimum Gasteiger partial charge on any atom is -0.312 e. The molecule has 0 bridgehead atoms. The molecule has 112 valence electrons. The molecular weight excluding hydrogens is 281 g/mol. The molecule has 0 atom stereocenters. The first-order chi connectivity index (χ1) is 10.2. The van der Waals surface area contributed by atoms with Crippen LogP contribution < -0.4 is 5.32 Å². The zero-order valence-electron chi connectivity index (χ0n) is 12.6. The van der Waals surface area contributed by atoms with Gasteiger partial charge in [0.1, 0.15) is 5.82 Å². The number of thioether (sulfide) groups is 1.